The van der Waals surface area contributed by atoms with E-state index in [9.17, 15) is 19.5 Å². The Morgan fingerprint density at radius 2 is 2.12 bits per heavy atom. The van der Waals surface area contributed by atoms with Crippen LogP contribution in [0.5, 0.6) is 5.75 Å². The van der Waals surface area contributed by atoms with Crippen LogP contribution in [0, 0.1) is 5.92 Å². The molecule has 0 spiro atoms. The topological polar surface area (TPSA) is 102 Å². The van der Waals surface area contributed by atoms with Crippen molar-refractivity contribution in [3.05, 3.63) is 29.8 Å². The number of hydrogen-bond acceptors (Lipinski definition) is 5. The predicted molar refractivity (Wildman–Crippen MR) is 89.6 cm³/mol. The number of ketones is 1. The molecule has 1 saturated heterocycles. The Morgan fingerprint density at radius 1 is 1.36 bits per heavy atom. The molecule has 136 valence electrons. The molecule has 7 heteroatoms. The zero-order valence-corrected chi connectivity index (χ0v) is 14.4. The van der Waals surface area contributed by atoms with Crippen molar-refractivity contribution in [2.75, 3.05) is 13.2 Å². The van der Waals surface area contributed by atoms with Crippen molar-refractivity contribution in [3.63, 3.8) is 0 Å². The number of aliphatic carboxylic acids is 1. The maximum absolute atomic E-state index is 12.3. The lowest BCUT2D eigenvalue weighted by atomic mass is 9.93. The first-order valence-corrected chi connectivity index (χ1v) is 8.27. The van der Waals surface area contributed by atoms with Gasteiger partial charge >= 0.3 is 5.97 Å². The molecule has 3 atom stereocenters. The minimum absolute atomic E-state index is 0.106. The van der Waals surface area contributed by atoms with E-state index in [-0.39, 0.29) is 11.7 Å². The number of rotatable bonds is 7. The number of nitrogens with one attached hydrogen (secondary N) is 1. The van der Waals surface area contributed by atoms with Gasteiger partial charge < -0.3 is 19.9 Å². The van der Waals surface area contributed by atoms with Crippen LogP contribution in [0.15, 0.2) is 24.3 Å². The highest BCUT2D eigenvalue weighted by Gasteiger charge is 2.32. The third-order valence-corrected chi connectivity index (χ3v) is 4.15. The van der Waals surface area contributed by atoms with Crippen molar-refractivity contribution < 1.29 is 29.0 Å². The highest BCUT2D eigenvalue weighted by Crippen LogP contribution is 2.19. The van der Waals surface area contributed by atoms with Crippen LogP contribution in [-0.2, 0) is 14.3 Å². The average molecular weight is 349 g/mol. The lowest BCUT2D eigenvalue weighted by Gasteiger charge is -2.28. The average Bonchev–Trinajstić information content (AvgIpc) is 2.60. The van der Waals surface area contributed by atoms with Gasteiger partial charge in [0, 0.05) is 18.1 Å². The summed E-state index contributed by atoms with van der Waals surface area (Å²) in [5.41, 5.74) is 0.480. The van der Waals surface area contributed by atoms with Gasteiger partial charge in [0.2, 0.25) is 0 Å². The largest absolute Gasteiger partial charge is 0.481 e. The number of benzene rings is 1. The lowest BCUT2D eigenvalue weighted by molar-refractivity contribution is -0.146. The molecular weight excluding hydrogens is 326 g/mol. The Morgan fingerprint density at radius 3 is 2.72 bits per heavy atom. The fraction of sp³-hybridized carbons (Fsp3) is 0.500. The maximum atomic E-state index is 12.3. The van der Waals surface area contributed by atoms with Crippen LogP contribution >= 0.6 is 0 Å². The van der Waals surface area contributed by atoms with Gasteiger partial charge in [0.1, 0.15) is 11.8 Å². The zero-order valence-electron chi connectivity index (χ0n) is 14.4. The molecule has 1 aliphatic heterocycles. The van der Waals surface area contributed by atoms with Crippen molar-refractivity contribution in [1.29, 1.82) is 0 Å². The Balaban J connectivity index is 1.99. The molecule has 1 aromatic rings. The van der Waals surface area contributed by atoms with Gasteiger partial charge in [-0.05, 0) is 38.8 Å². The molecule has 0 radical (unpaired) electrons. The number of carbonyl (C=O) groups is 3. The van der Waals surface area contributed by atoms with E-state index in [1.165, 1.54) is 13.8 Å². The Bertz CT molecular complexity index is 638. The van der Waals surface area contributed by atoms with Crippen LogP contribution in [0.1, 0.15) is 37.0 Å². The molecule has 1 amide bonds. The summed E-state index contributed by atoms with van der Waals surface area (Å²) < 4.78 is 10.9. The summed E-state index contributed by atoms with van der Waals surface area (Å²) in [6.45, 7) is 3.90. The van der Waals surface area contributed by atoms with Crippen LogP contribution < -0.4 is 10.1 Å². The van der Waals surface area contributed by atoms with Gasteiger partial charge in [-0.2, -0.15) is 0 Å². The van der Waals surface area contributed by atoms with E-state index in [0.717, 1.165) is 6.42 Å². The molecular formula is C18H23NO6. The van der Waals surface area contributed by atoms with E-state index in [0.29, 0.717) is 30.9 Å². The molecule has 0 aliphatic carbocycles. The van der Waals surface area contributed by atoms with Crippen LogP contribution in [0.4, 0.5) is 0 Å². The number of amides is 1. The molecule has 0 bridgehead atoms. The van der Waals surface area contributed by atoms with Crippen LogP contribution in [0.25, 0.3) is 0 Å². The number of carboxylic acid groups (broad SMARTS) is 1. The van der Waals surface area contributed by atoms with E-state index in [2.05, 4.69) is 5.32 Å². The van der Waals surface area contributed by atoms with E-state index < -0.39 is 24.0 Å². The van der Waals surface area contributed by atoms with Crippen LogP contribution in [0.3, 0.4) is 0 Å². The third kappa shape index (κ3) is 5.29. The van der Waals surface area contributed by atoms with Gasteiger partial charge in [-0.15, -0.1) is 0 Å². The molecule has 1 fully saturated rings. The summed E-state index contributed by atoms with van der Waals surface area (Å²) in [4.78, 5) is 35.2. The molecule has 25 heavy (non-hydrogen) atoms. The highest BCUT2D eigenvalue weighted by atomic mass is 16.5. The molecule has 0 aromatic heterocycles. The smallest absolute Gasteiger partial charge is 0.326 e. The molecule has 2 N–H and O–H groups in total. The van der Waals surface area contributed by atoms with Gasteiger partial charge in [-0.25, -0.2) is 4.79 Å². The van der Waals surface area contributed by atoms with Gasteiger partial charge in [-0.3, -0.25) is 9.59 Å². The van der Waals surface area contributed by atoms with E-state index in [4.69, 9.17) is 9.47 Å². The first-order valence-electron chi connectivity index (χ1n) is 8.27. The second-order valence-electron chi connectivity index (χ2n) is 6.15. The number of ether oxygens (including phenoxy) is 2. The number of carboxylic acids is 1. The Kier molecular flexibility index (Phi) is 6.52. The van der Waals surface area contributed by atoms with E-state index in [1.54, 1.807) is 24.3 Å². The molecule has 2 rings (SSSR count). The lowest BCUT2D eigenvalue weighted by Crippen LogP contribution is -2.51. The summed E-state index contributed by atoms with van der Waals surface area (Å²) in [7, 11) is 0. The maximum Gasteiger partial charge on any atom is 0.326 e. The summed E-state index contributed by atoms with van der Waals surface area (Å²) in [5, 5.41) is 11.9. The van der Waals surface area contributed by atoms with Gasteiger partial charge in [0.15, 0.2) is 11.9 Å². The fourth-order valence-electron chi connectivity index (χ4n) is 2.73. The van der Waals surface area contributed by atoms with Crippen molar-refractivity contribution in [2.45, 2.75) is 38.8 Å². The number of Topliss-reactive ketones (excluding diaryl/α,β-unsaturated/α-hetero) is 1. The fourth-order valence-corrected chi connectivity index (χ4v) is 2.73. The Labute approximate surface area is 146 Å². The molecule has 0 saturated carbocycles. The Hall–Kier alpha value is -2.41. The molecule has 7 nitrogen and oxygen atoms in total. The summed E-state index contributed by atoms with van der Waals surface area (Å²) in [5.74, 6) is -1.60. The molecule has 3 unspecified atom stereocenters. The summed E-state index contributed by atoms with van der Waals surface area (Å²) in [6, 6.07) is 5.50. The van der Waals surface area contributed by atoms with E-state index in [1.807, 2.05) is 0 Å². The molecule has 1 aromatic carbocycles. The van der Waals surface area contributed by atoms with Crippen molar-refractivity contribution in [1.82, 2.24) is 5.32 Å². The number of carbonyl (C=O) groups excluding carboxylic acids is 2. The molecule has 1 heterocycles. The second-order valence-corrected chi connectivity index (χ2v) is 6.15. The normalized spacial score (nSPS) is 19.5. The highest BCUT2D eigenvalue weighted by molar-refractivity contribution is 5.94. The second kappa shape index (κ2) is 8.62. The third-order valence-electron chi connectivity index (χ3n) is 4.15. The summed E-state index contributed by atoms with van der Waals surface area (Å²) >= 11 is 0. The van der Waals surface area contributed by atoms with Gasteiger partial charge in [0.05, 0.1) is 6.61 Å². The van der Waals surface area contributed by atoms with Crippen molar-refractivity contribution in [2.24, 2.45) is 5.92 Å². The first-order chi connectivity index (χ1) is 11.9. The summed E-state index contributed by atoms with van der Waals surface area (Å²) in [6.07, 6.45) is 0.565. The number of hydrogen-bond donors (Lipinski definition) is 2. The van der Waals surface area contributed by atoms with Crippen molar-refractivity contribution in [3.8, 4) is 5.75 Å². The monoisotopic (exact) mass is 349 g/mol. The van der Waals surface area contributed by atoms with Gasteiger partial charge in [0.25, 0.3) is 5.91 Å². The van der Waals surface area contributed by atoms with Crippen LogP contribution in [0.2, 0.25) is 0 Å². The predicted octanol–water partition coefficient (Wildman–Crippen LogP) is 1.65. The first kappa shape index (κ1) is 18.9. The molecule has 1 aliphatic rings. The minimum Gasteiger partial charge on any atom is -0.481 e. The van der Waals surface area contributed by atoms with Crippen molar-refractivity contribution >= 4 is 17.7 Å². The van der Waals surface area contributed by atoms with E-state index >= 15 is 0 Å². The van der Waals surface area contributed by atoms with Gasteiger partial charge in [-0.1, -0.05) is 12.1 Å². The SMILES string of the molecule is CC(=O)c1cccc(OC(C)C(=O)NC(C(=O)O)C2CCCOC2)c1. The standard InChI is InChI=1S/C18H23NO6/c1-11(20)13-5-3-7-15(9-13)25-12(2)17(21)19-16(18(22)23)14-6-4-8-24-10-14/h3,5,7,9,12,14,16H,4,6,8,10H2,1-2H3,(H,19,21)(H,22,23). The minimum atomic E-state index is -1.09. The quantitative estimate of drug-likeness (QED) is 0.726. The zero-order chi connectivity index (χ0) is 18.4. The van der Waals surface area contributed by atoms with Crippen LogP contribution in [-0.4, -0.2) is 48.1 Å².